The van der Waals surface area contributed by atoms with E-state index in [1.165, 1.54) is 27.8 Å². The molecule has 0 radical (unpaired) electrons. The fourth-order valence-electron chi connectivity index (χ4n) is 2.44. The Morgan fingerprint density at radius 2 is 1.89 bits per heavy atom. The molecule has 1 unspecified atom stereocenters. The lowest BCUT2D eigenvalue weighted by Gasteiger charge is -2.12. The van der Waals surface area contributed by atoms with Gasteiger partial charge in [0.25, 0.3) is 0 Å². The van der Waals surface area contributed by atoms with Crippen molar-refractivity contribution in [2.24, 2.45) is 5.73 Å². The fraction of sp³-hybridized carbons (Fsp3) is 0.286. The highest BCUT2D eigenvalue weighted by atomic mass is 32.1. The van der Waals surface area contributed by atoms with Crippen LogP contribution in [0.1, 0.15) is 33.3 Å². The molecule has 0 fully saturated rings. The number of nitrogens with two attached hydrogens (primary N) is 1. The molecule has 5 heteroatoms. The van der Waals surface area contributed by atoms with Crippen molar-refractivity contribution in [1.82, 2.24) is 0 Å². The number of aryl methyl sites for hydroxylation is 2. The van der Waals surface area contributed by atoms with Crippen molar-refractivity contribution < 1.29 is 13.2 Å². The van der Waals surface area contributed by atoms with Crippen LogP contribution in [0.25, 0.3) is 0 Å². The first-order valence-corrected chi connectivity index (χ1v) is 6.90. The number of thiophene rings is 1. The van der Waals surface area contributed by atoms with Crippen molar-refractivity contribution in [3.8, 4) is 0 Å². The zero-order valence-corrected chi connectivity index (χ0v) is 10.9. The maximum atomic E-state index is 13.7. The number of rotatable bonds is 2. The minimum absolute atomic E-state index is 0.00109. The van der Waals surface area contributed by atoms with Gasteiger partial charge in [0.15, 0.2) is 17.5 Å². The lowest BCUT2D eigenvalue weighted by molar-refractivity contribution is 0.439. The third-order valence-electron chi connectivity index (χ3n) is 3.47. The Morgan fingerprint density at radius 3 is 2.63 bits per heavy atom. The Hall–Kier alpha value is -1.33. The molecule has 1 aliphatic carbocycles. The van der Waals surface area contributed by atoms with Gasteiger partial charge in [-0.2, -0.15) is 0 Å². The zero-order chi connectivity index (χ0) is 13.6. The van der Waals surface area contributed by atoms with Crippen LogP contribution in [0.3, 0.4) is 0 Å². The third-order valence-corrected chi connectivity index (χ3v) is 4.79. The average Bonchev–Trinajstić information content (AvgIpc) is 2.96. The van der Waals surface area contributed by atoms with Crippen molar-refractivity contribution in [3.63, 3.8) is 0 Å². The first kappa shape index (κ1) is 12.7. The predicted octanol–water partition coefficient (Wildman–Crippen LogP) is 3.70. The van der Waals surface area contributed by atoms with E-state index < -0.39 is 23.5 Å². The van der Waals surface area contributed by atoms with E-state index in [-0.39, 0.29) is 5.56 Å². The summed E-state index contributed by atoms with van der Waals surface area (Å²) >= 11 is 1.54. The number of hydrogen-bond acceptors (Lipinski definition) is 2. The molecule has 0 saturated carbocycles. The Balaban J connectivity index is 1.99. The maximum absolute atomic E-state index is 13.7. The summed E-state index contributed by atoms with van der Waals surface area (Å²) < 4.78 is 39.8. The topological polar surface area (TPSA) is 26.0 Å². The molecule has 1 aromatic heterocycles. The van der Waals surface area contributed by atoms with Gasteiger partial charge in [0, 0.05) is 15.3 Å². The largest absolute Gasteiger partial charge is 0.320 e. The Kier molecular flexibility index (Phi) is 3.11. The summed E-state index contributed by atoms with van der Waals surface area (Å²) in [7, 11) is 0. The van der Waals surface area contributed by atoms with Gasteiger partial charge >= 0.3 is 0 Å². The fourth-order valence-corrected chi connectivity index (χ4v) is 3.72. The molecule has 2 N–H and O–H groups in total. The van der Waals surface area contributed by atoms with E-state index in [2.05, 4.69) is 0 Å². The summed E-state index contributed by atoms with van der Waals surface area (Å²) in [6.45, 7) is 0. The van der Waals surface area contributed by atoms with E-state index in [0.717, 1.165) is 30.2 Å². The van der Waals surface area contributed by atoms with Crippen molar-refractivity contribution in [2.45, 2.75) is 25.3 Å². The smallest absolute Gasteiger partial charge is 0.194 e. The number of fused-ring (bicyclic) bond motifs is 1. The average molecular weight is 283 g/mol. The van der Waals surface area contributed by atoms with Gasteiger partial charge in [-0.3, -0.25) is 0 Å². The van der Waals surface area contributed by atoms with Crippen LogP contribution < -0.4 is 5.73 Å². The van der Waals surface area contributed by atoms with Gasteiger partial charge < -0.3 is 5.73 Å². The Labute approximate surface area is 112 Å². The van der Waals surface area contributed by atoms with Crippen molar-refractivity contribution in [3.05, 3.63) is 56.5 Å². The van der Waals surface area contributed by atoms with E-state index in [4.69, 9.17) is 5.73 Å². The molecule has 0 bridgehead atoms. The number of hydrogen-bond donors (Lipinski definition) is 1. The second-order valence-corrected chi connectivity index (χ2v) is 5.86. The summed E-state index contributed by atoms with van der Waals surface area (Å²) in [5.41, 5.74) is 7.23. The molecule has 19 heavy (non-hydrogen) atoms. The minimum atomic E-state index is -1.46. The first-order valence-electron chi connectivity index (χ1n) is 6.08. The Bertz CT molecular complexity index is 614. The lowest BCUT2D eigenvalue weighted by Crippen LogP contribution is -2.13. The maximum Gasteiger partial charge on any atom is 0.194 e. The molecule has 0 saturated heterocycles. The van der Waals surface area contributed by atoms with Gasteiger partial charge in [0.1, 0.15) is 0 Å². The van der Waals surface area contributed by atoms with Crippen LogP contribution in [-0.2, 0) is 12.8 Å². The summed E-state index contributed by atoms with van der Waals surface area (Å²) in [5.74, 6) is -3.85. The molecule has 1 aliphatic rings. The summed E-state index contributed by atoms with van der Waals surface area (Å²) in [4.78, 5) is 2.07. The zero-order valence-electron chi connectivity index (χ0n) is 10.1. The second-order valence-electron chi connectivity index (χ2n) is 4.69. The van der Waals surface area contributed by atoms with Crippen LogP contribution in [0.2, 0.25) is 0 Å². The summed E-state index contributed by atoms with van der Waals surface area (Å²) in [6.07, 6.45) is 3.17. The van der Waals surface area contributed by atoms with E-state index in [9.17, 15) is 13.2 Å². The van der Waals surface area contributed by atoms with Gasteiger partial charge in [0.2, 0.25) is 0 Å². The predicted molar refractivity (Wildman–Crippen MR) is 68.7 cm³/mol. The number of benzene rings is 1. The van der Waals surface area contributed by atoms with E-state index in [1.807, 2.05) is 6.07 Å². The molecule has 1 atom stereocenters. The summed E-state index contributed by atoms with van der Waals surface area (Å²) in [5, 5.41) is 0. The van der Waals surface area contributed by atoms with Crippen LogP contribution in [0.5, 0.6) is 0 Å². The number of halogens is 3. The molecule has 100 valence electrons. The van der Waals surface area contributed by atoms with Gasteiger partial charge in [0.05, 0.1) is 6.04 Å². The van der Waals surface area contributed by atoms with Gasteiger partial charge in [-0.25, -0.2) is 13.2 Å². The molecule has 1 nitrogen and oxygen atoms in total. The second kappa shape index (κ2) is 4.65. The van der Waals surface area contributed by atoms with Gasteiger partial charge in [-0.05, 0) is 37.0 Å². The van der Waals surface area contributed by atoms with Gasteiger partial charge in [-0.15, -0.1) is 11.3 Å². The molecule has 0 amide bonds. The lowest BCUT2D eigenvalue weighted by atomic mass is 10.0. The van der Waals surface area contributed by atoms with Crippen LogP contribution in [0.15, 0.2) is 18.2 Å². The van der Waals surface area contributed by atoms with E-state index in [1.54, 1.807) is 0 Å². The molecule has 1 heterocycles. The first-order chi connectivity index (χ1) is 9.08. The molecular formula is C14H12F3NS. The highest BCUT2D eigenvalue weighted by Gasteiger charge is 2.23. The molecular weight excluding hydrogens is 271 g/mol. The highest BCUT2D eigenvalue weighted by molar-refractivity contribution is 7.12. The minimum Gasteiger partial charge on any atom is -0.320 e. The molecule has 2 aromatic rings. The van der Waals surface area contributed by atoms with Crippen molar-refractivity contribution >= 4 is 11.3 Å². The van der Waals surface area contributed by atoms with Crippen molar-refractivity contribution in [2.75, 3.05) is 0 Å². The van der Waals surface area contributed by atoms with Crippen LogP contribution in [-0.4, -0.2) is 0 Å². The molecule has 3 rings (SSSR count). The monoisotopic (exact) mass is 283 g/mol. The standard InChI is InChI=1S/C14H12F3NS/c15-9-5-4-8(12(16)13(9)17)14(18)11-6-7-2-1-3-10(7)19-11/h4-6,14H,1-3,18H2. The van der Waals surface area contributed by atoms with Crippen LogP contribution in [0, 0.1) is 17.5 Å². The summed E-state index contributed by atoms with van der Waals surface area (Å²) in [6, 6.07) is 3.34. The third kappa shape index (κ3) is 2.07. The quantitative estimate of drug-likeness (QED) is 0.836. The molecule has 0 aliphatic heterocycles. The van der Waals surface area contributed by atoms with Crippen LogP contribution >= 0.6 is 11.3 Å². The van der Waals surface area contributed by atoms with Gasteiger partial charge in [-0.1, -0.05) is 6.07 Å². The molecule has 0 spiro atoms. The highest BCUT2D eigenvalue weighted by Crippen LogP contribution is 2.36. The molecule has 1 aromatic carbocycles. The van der Waals surface area contributed by atoms with Crippen LogP contribution in [0.4, 0.5) is 13.2 Å². The van der Waals surface area contributed by atoms with E-state index in [0.29, 0.717) is 0 Å². The van der Waals surface area contributed by atoms with Crippen molar-refractivity contribution in [1.29, 1.82) is 0 Å². The SMILES string of the molecule is NC(c1cc2c(s1)CCC2)c1ccc(F)c(F)c1F. The Morgan fingerprint density at radius 1 is 1.11 bits per heavy atom. The van der Waals surface area contributed by atoms with E-state index >= 15 is 0 Å². The normalized spacial score (nSPS) is 15.6.